The third-order valence-electron chi connectivity index (χ3n) is 0.630. The maximum absolute atomic E-state index is 8.24. The zero-order valence-corrected chi connectivity index (χ0v) is 6.30. The lowest BCUT2D eigenvalue weighted by Crippen LogP contribution is -2.14. The first-order chi connectivity index (χ1) is 4.18. The summed E-state index contributed by atoms with van der Waals surface area (Å²) in [6.45, 7) is 4.89. The molecule has 3 nitrogen and oxygen atoms in total. The van der Waals surface area contributed by atoms with Gasteiger partial charge in [-0.3, -0.25) is 0 Å². The summed E-state index contributed by atoms with van der Waals surface area (Å²) in [7, 11) is 0. The molecular formula is C6H18N2O. The highest BCUT2D eigenvalue weighted by Crippen LogP contribution is 1.65. The minimum Gasteiger partial charge on any atom is -0.392 e. The number of aliphatic hydroxyl groups excluding tert-OH is 1. The number of nitrogens with two attached hydrogens (primary N) is 2. The monoisotopic (exact) mass is 134 g/mol. The van der Waals surface area contributed by atoms with E-state index in [0.717, 1.165) is 13.0 Å². The molecule has 0 rings (SSSR count). The second-order valence-electron chi connectivity index (χ2n) is 1.87. The Morgan fingerprint density at radius 3 is 1.67 bits per heavy atom. The summed E-state index contributed by atoms with van der Waals surface area (Å²) in [6, 6.07) is 0. The first kappa shape index (κ1) is 11.6. The number of aliphatic hydroxyl groups is 1. The average Bonchev–Trinajstić information content (AvgIpc) is 1.89. The van der Waals surface area contributed by atoms with E-state index in [-0.39, 0.29) is 6.10 Å². The Bertz CT molecular complexity index is 38.0. The van der Waals surface area contributed by atoms with E-state index in [0.29, 0.717) is 6.54 Å². The van der Waals surface area contributed by atoms with Gasteiger partial charge in [-0.1, -0.05) is 6.92 Å². The summed E-state index contributed by atoms with van der Waals surface area (Å²) in [4.78, 5) is 0. The summed E-state index contributed by atoms with van der Waals surface area (Å²) in [5, 5.41) is 8.24. The van der Waals surface area contributed by atoms with Crippen molar-refractivity contribution in [3.8, 4) is 0 Å². The van der Waals surface area contributed by atoms with Gasteiger partial charge in [-0.15, -0.1) is 0 Å². The van der Waals surface area contributed by atoms with Crippen LogP contribution in [0.4, 0.5) is 0 Å². The highest BCUT2D eigenvalue weighted by atomic mass is 16.3. The molecule has 1 atom stereocenters. The van der Waals surface area contributed by atoms with Gasteiger partial charge in [0.15, 0.2) is 0 Å². The predicted octanol–water partition coefficient (Wildman–Crippen LogP) is -0.319. The fraction of sp³-hybridized carbons (Fsp3) is 1.00. The van der Waals surface area contributed by atoms with Crippen molar-refractivity contribution in [1.82, 2.24) is 0 Å². The van der Waals surface area contributed by atoms with Crippen LogP contribution in [0.2, 0.25) is 0 Å². The van der Waals surface area contributed by atoms with Crippen LogP contribution in [0, 0.1) is 0 Å². The molecule has 0 radical (unpaired) electrons. The van der Waals surface area contributed by atoms with E-state index in [1.54, 1.807) is 6.92 Å². The molecular weight excluding hydrogens is 116 g/mol. The van der Waals surface area contributed by atoms with E-state index in [4.69, 9.17) is 16.6 Å². The minimum absolute atomic E-state index is 0.338. The van der Waals surface area contributed by atoms with Crippen molar-refractivity contribution in [3.63, 3.8) is 0 Å². The third kappa shape index (κ3) is 32.8. The number of hydrogen-bond acceptors (Lipinski definition) is 3. The van der Waals surface area contributed by atoms with Gasteiger partial charge in [0.05, 0.1) is 6.10 Å². The molecule has 0 bridgehead atoms. The molecule has 0 spiro atoms. The van der Waals surface area contributed by atoms with Crippen LogP contribution in [-0.2, 0) is 0 Å². The van der Waals surface area contributed by atoms with Crippen LogP contribution >= 0.6 is 0 Å². The Morgan fingerprint density at radius 2 is 1.67 bits per heavy atom. The van der Waals surface area contributed by atoms with Crippen molar-refractivity contribution in [2.75, 3.05) is 13.1 Å². The van der Waals surface area contributed by atoms with E-state index >= 15 is 0 Å². The van der Waals surface area contributed by atoms with Crippen molar-refractivity contribution >= 4 is 0 Å². The first-order valence-corrected chi connectivity index (χ1v) is 3.27. The molecule has 0 aliphatic heterocycles. The van der Waals surface area contributed by atoms with Gasteiger partial charge in [-0.25, -0.2) is 0 Å². The lowest BCUT2D eigenvalue weighted by molar-refractivity contribution is 0.203. The molecule has 9 heavy (non-hydrogen) atoms. The Labute approximate surface area is 57.0 Å². The van der Waals surface area contributed by atoms with Crippen LogP contribution in [0.3, 0.4) is 0 Å². The fourth-order valence-electron chi connectivity index (χ4n) is 0. The van der Waals surface area contributed by atoms with Crippen molar-refractivity contribution in [2.24, 2.45) is 11.5 Å². The summed E-state index contributed by atoms with van der Waals surface area (Å²) in [5.41, 5.74) is 9.95. The normalized spacial score (nSPS) is 11.7. The SMILES string of the molecule is CC(O)CN.CCCN. The minimum atomic E-state index is -0.338. The van der Waals surface area contributed by atoms with Gasteiger partial charge in [0.25, 0.3) is 0 Å². The average molecular weight is 134 g/mol. The molecule has 0 aromatic rings. The molecule has 0 aromatic carbocycles. The van der Waals surface area contributed by atoms with Gasteiger partial charge in [-0.05, 0) is 19.9 Å². The Morgan fingerprint density at radius 1 is 1.44 bits per heavy atom. The molecule has 0 aliphatic carbocycles. The predicted molar refractivity (Wildman–Crippen MR) is 40.1 cm³/mol. The Kier molecular flexibility index (Phi) is 14.0. The van der Waals surface area contributed by atoms with Crippen LogP contribution in [0.5, 0.6) is 0 Å². The molecule has 0 aliphatic rings. The molecule has 58 valence electrons. The zero-order valence-electron chi connectivity index (χ0n) is 6.30. The standard InChI is InChI=1S/C3H9NO.C3H9N/c1-3(5)2-4;1-2-3-4/h3,5H,2,4H2,1H3;2-4H2,1H3. The van der Waals surface area contributed by atoms with Crippen LogP contribution < -0.4 is 11.5 Å². The summed E-state index contributed by atoms with van der Waals surface area (Å²) < 4.78 is 0. The van der Waals surface area contributed by atoms with Crippen LogP contribution in [0.1, 0.15) is 20.3 Å². The van der Waals surface area contributed by atoms with Gasteiger partial charge in [-0.2, -0.15) is 0 Å². The summed E-state index contributed by atoms with van der Waals surface area (Å²) >= 11 is 0. The Balaban J connectivity index is 0. The Hall–Kier alpha value is -0.120. The highest BCUT2D eigenvalue weighted by molar-refractivity contribution is 4.40. The lowest BCUT2D eigenvalue weighted by atomic mass is 10.4. The van der Waals surface area contributed by atoms with Crippen LogP contribution in [0.15, 0.2) is 0 Å². The molecule has 3 heteroatoms. The van der Waals surface area contributed by atoms with E-state index in [1.807, 2.05) is 0 Å². The second-order valence-corrected chi connectivity index (χ2v) is 1.87. The molecule has 5 N–H and O–H groups in total. The third-order valence-corrected chi connectivity index (χ3v) is 0.630. The molecule has 0 amide bonds. The zero-order chi connectivity index (χ0) is 7.70. The maximum atomic E-state index is 8.24. The van der Waals surface area contributed by atoms with Gasteiger partial charge in [0.1, 0.15) is 0 Å². The van der Waals surface area contributed by atoms with Gasteiger partial charge in [0.2, 0.25) is 0 Å². The van der Waals surface area contributed by atoms with Gasteiger partial charge >= 0.3 is 0 Å². The van der Waals surface area contributed by atoms with Crippen LogP contribution in [0.25, 0.3) is 0 Å². The lowest BCUT2D eigenvalue weighted by Gasteiger charge is -1.91. The molecule has 0 aromatic heterocycles. The molecule has 1 unspecified atom stereocenters. The van der Waals surface area contributed by atoms with Crippen molar-refractivity contribution in [1.29, 1.82) is 0 Å². The number of hydrogen-bond donors (Lipinski definition) is 3. The van der Waals surface area contributed by atoms with E-state index < -0.39 is 0 Å². The summed E-state index contributed by atoms with van der Waals surface area (Å²) in [6.07, 6.45) is 0.759. The first-order valence-electron chi connectivity index (χ1n) is 3.27. The molecule has 0 fully saturated rings. The smallest absolute Gasteiger partial charge is 0.0634 e. The largest absolute Gasteiger partial charge is 0.392 e. The fourth-order valence-corrected chi connectivity index (χ4v) is 0. The molecule has 0 saturated heterocycles. The van der Waals surface area contributed by atoms with Crippen molar-refractivity contribution < 1.29 is 5.11 Å². The van der Waals surface area contributed by atoms with Gasteiger partial charge in [0, 0.05) is 6.54 Å². The van der Waals surface area contributed by atoms with Crippen molar-refractivity contribution in [3.05, 3.63) is 0 Å². The quantitative estimate of drug-likeness (QED) is 0.484. The number of rotatable bonds is 2. The summed E-state index contributed by atoms with van der Waals surface area (Å²) in [5.74, 6) is 0. The molecule has 0 heterocycles. The van der Waals surface area contributed by atoms with E-state index in [2.05, 4.69) is 6.92 Å². The topological polar surface area (TPSA) is 72.3 Å². The van der Waals surface area contributed by atoms with Crippen molar-refractivity contribution in [2.45, 2.75) is 26.4 Å². The molecule has 0 saturated carbocycles. The van der Waals surface area contributed by atoms with Crippen LogP contribution in [-0.4, -0.2) is 24.3 Å². The van der Waals surface area contributed by atoms with E-state index in [1.165, 1.54) is 0 Å². The second kappa shape index (κ2) is 10.8. The van der Waals surface area contributed by atoms with Gasteiger partial charge < -0.3 is 16.6 Å². The maximum Gasteiger partial charge on any atom is 0.0634 e. The van der Waals surface area contributed by atoms with E-state index in [9.17, 15) is 0 Å². The highest BCUT2D eigenvalue weighted by Gasteiger charge is 1.81.